The molecule has 3 heteroatoms. The highest BCUT2D eigenvalue weighted by Gasteiger charge is 2.21. The normalized spacial score (nSPS) is 11.5. The van der Waals surface area contributed by atoms with Crippen LogP contribution in [0.4, 0.5) is 0 Å². The molecule has 128 valence electrons. The molecule has 0 saturated heterocycles. The molecule has 1 N–H and O–H groups in total. The number of H-pyrrole nitrogens is 1. The van der Waals surface area contributed by atoms with Gasteiger partial charge in [0.15, 0.2) is 0 Å². The standard InChI is InChI=1S/C22H27BN2/c1-15(2)20-21(16(3)4)25-22(24-20)23-19(17-11-7-5-8-12-17)18-13-9-6-10-14-18/h5-16,19,23H,1-4H3,(H,24,25). The highest BCUT2D eigenvalue weighted by Crippen LogP contribution is 2.25. The molecule has 0 atom stereocenters. The zero-order valence-corrected chi connectivity index (χ0v) is 15.7. The van der Waals surface area contributed by atoms with Gasteiger partial charge in [0, 0.05) is 5.69 Å². The maximum Gasteiger partial charge on any atom is 0.216 e. The number of aromatic nitrogens is 2. The zero-order chi connectivity index (χ0) is 17.8. The van der Waals surface area contributed by atoms with Crippen molar-refractivity contribution < 1.29 is 0 Å². The van der Waals surface area contributed by atoms with Crippen LogP contribution < -0.4 is 5.72 Å². The number of nitrogens with zero attached hydrogens (tertiary/aromatic N) is 1. The molecule has 0 bridgehead atoms. The lowest BCUT2D eigenvalue weighted by molar-refractivity contribution is 0.759. The fraction of sp³-hybridized carbons (Fsp3) is 0.318. The maximum atomic E-state index is 4.97. The van der Waals surface area contributed by atoms with Crippen molar-refractivity contribution in [3.8, 4) is 0 Å². The van der Waals surface area contributed by atoms with Crippen LogP contribution in [0.3, 0.4) is 0 Å². The van der Waals surface area contributed by atoms with E-state index in [0.717, 1.165) is 13.0 Å². The number of aromatic amines is 1. The lowest BCUT2D eigenvalue weighted by Crippen LogP contribution is -2.26. The Kier molecular flexibility index (Phi) is 5.42. The number of imidazole rings is 1. The molecule has 2 aromatic carbocycles. The molecule has 0 aliphatic carbocycles. The Labute approximate surface area is 152 Å². The van der Waals surface area contributed by atoms with Gasteiger partial charge in [0.2, 0.25) is 7.28 Å². The first-order chi connectivity index (χ1) is 12.1. The number of nitrogens with one attached hydrogen (secondary N) is 1. The van der Waals surface area contributed by atoms with Crippen molar-refractivity contribution in [3.63, 3.8) is 0 Å². The second kappa shape index (κ2) is 7.73. The molecule has 3 rings (SSSR count). The predicted octanol–water partition coefficient (Wildman–Crippen LogP) is 4.51. The lowest BCUT2D eigenvalue weighted by atomic mass is 9.58. The van der Waals surface area contributed by atoms with Gasteiger partial charge in [-0.15, -0.1) is 0 Å². The van der Waals surface area contributed by atoms with Gasteiger partial charge in [-0.05, 0) is 28.8 Å². The van der Waals surface area contributed by atoms with Crippen LogP contribution in [0.15, 0.2) is 60.7 Å². The molecule has 25 heavy (non-hydrogen) atoms. The Morgan fingerprint density at radius 3 is 1.68 bits per heavy atom. The number of benzene rings is 2. The molecule has 0 aliphatic heterocycles. The third kappa shape index (κ3) is 4.04. The average molecular weight is 330 g/mol. The van der Waals surface area contributed by atoms with E-state index in [1.54, 1.807) is 0 Å². The predicted molar refractivity (Wildman–Crippen MR) is 108 cm³/mol. The van der Waals surface area contributed by atoms with E-state index in [1.807, 2.05) is 0 Å². The Balaban J connectivity index is 1.98. The summed E-state index contributed by atoms with van der Waals surface area (Å²) in [5.41, 5.74) is 6.25. The van der Waals surface area contributed by atoms with Crippen molar-refractivity contribution in [2.45, 2.75) is 45.3 Å². The molecule has 0 amide bonds. The molecule has 2 nitrogen and oxygen atoms in total. The molecule has 0 aliphatic rings. The second-order valence-electron chi connectivity index (χ2n) is 7.37. The van der Waals surface area contributed by atoms with Crippen LogP contribution in [-0.2, 0) is 0 Å². The van der Waals surface area contributed by atoms with Crippen molar-refractivity contribution >= 4 is 13.0 Å². The van der Waals surface area contributed by atoms with E-state index in [2.05, 4.69) is 93.3 Å². The van der Waals surface area contributed by atoms with E-state index < -0.39 is 0 Å². The minimum atomic E-state index is 0.313. The first-order valence-electron chi connectivity index (χ1n) is 9.24. The fourth-order valence-electron chi connectivity index (χ4n) is 3.42. The van der Waals surface area contributed by atoms with Crippen molar-refractivity contribution in [1.29, 1.82) is 0 Å². The van der Waals surface area contributed by atoms with E-state index in [0.29, 0.717) is 17.7 Å². The van der Waals surface area contributed by atoms with E-state index >= 15 is 0 Å². The van der Waals surface area contributed by atoms with Gasteiger partial charge in [-0.1, -0.05) is 88.4 Å². The molecule has 0 fully saturated rings. The highest BCUT2D eigenvalue weighted by atomic mass is 14.9. The third-order valence-corrected chi connectivity index (χ3v) is 4.74. The van der Waals surface area contributed by atoms with Crippen molar-refractivity contribution in [2.24, 2.45) is 0 Å². The SMILES string of the molecule is CC(C)c1nc(BC(c2ccccc2)c2ccccc2)[nH]c1C(C)C. The molecule has 1 heterocycles. The fourth-order valence-corrected chi connectivity index (χ4v) is 3.42. The minimum Gasteiger partial charge on any atom is -0.354 e. The van der Waals surface area contributed by atoms with Gasteiger partial charge >= 0.3 is 0 Å². The van der Waals surface area contributed by atoms with Crippen LogP contribution >= 0.6 is 0 Å². The molecule has 0 spiro atoms. The summed E-state index contributed by atoms with van der Waals surface area (Å²) in [5.74, 6) is 1.22. The Morgan fingerprint density at radius 2 is 1.28 bits per heavy atom. The molecule has 3 aromatic rings. The average Bonchev–Trinajstić information content (AvgIpc) is 3.06. The van der Waals surface area contributed by atoms with Crippen LogP contribution in [0, 0.1) is 0 Å². The van der Waals surface area contributed by atoms with Gasteiger partial charge in [0.1, 0.15) is 0 Å². The summed E-state index contributed by atoms with van der Waals surface area (Å²) in [6, 6.07) is 21.5. The van der Waals surface area contributed by atoms with Crippen LogP contribution in [0.5, 0.6) is 0 Å². The van der Waals surface area contributed by atoms with Crippen molar-refractivity contribution in [3.05, 3.63) is 83.2 Å². The minimum absolute atomic E-state index is 0.313. The summed E-state index contributed by atoms with van der Waals surface area (Å²) in [6.45, 7) is 8.90. The summed E-state index contributed by atoms with van der Waals surface area (Å²) in [5, 5.41) is 0. The monoisotopic (exact) mass is 330 g/mol. The van der Waals surface area contributed by atoms with E-state index in [4.69, 9.17) is 4.98 Å². The lowest BCUT2D eigenvalue weighted by Gasteiger charge is -2.16. The topological polar surface area (TPSA) is 28.7 Å². The Bertz CT molecular complexity index is 726. The summed E-state index contributed by atoms with van der Waals surface area (Å²) in [7, 11) is 0.889. The van der Waals surface area contributed by atoms with Crippen LogP contribution in [0.25, 0.3) is 0 Å². The summed E-state index contributed by atoms with van der Waals surface area (Å²) < 4.78 is 0. The van der Waals surface area contributed by atoms with E-state index in [9.17, 15) is 0 Å². The molecule has 0 unspecified atom stereocenters. The molecular formula is C22H27BN2. The molecular weight excluding hydrogens is 303 g/mol. The van der Waals surface area contributed by atoms with E-state index in [-0.39, 0.29) is 0 Å². The Hall–Kier alpha value is -2.29. The third-order valence-electron chi connectivity index (χ3n) is 4.74. The van der Waals surface area contributed by atoms with Gasteiger partial charge in [0.05, 0.1) is 11.4 Å². The highest BCUT2D eigenvalue weighted by molar-refractivity contribution is 6.54. The smallest absolute Gasteiger partial charge is 0.216 e. The van der Waals surface area contributed by atoms with E-state index in [1.165, 1.54) is 22.5 Å². The van der Waals surface area contributed by atoms with Gasteiger partial charge < -0.3 is 4.98 Å². The maximum absolute atomic E-state index is 4.97. The van der Waals surface area contributed by atoms with Crippen LogP contribution in [0.2, 0.25) is 0 Å². The van der Waals surface area contributed by atoms with Gasteiger partial charge in [-0.25, -0.2) is 4.98 Å². The van der Waals surface area contributed by atoms with Crippen LogP contribution in [-0.4, -0.2) is 17.2 Å². The first kappa shape index (κ1) is 17.5. The second-order valence-corrected chi connectivity index (χ2v) is 7.37. The Morgan fingerprint density at radius 1 is 0.760 bits per heavy atom. The summed E-state index contributed by atoms with van der Waals surface area (Å²) >= 11 is 0. The summed E-state index contributed by atoms with van der Waals surface area (Å²) in [4.78, 5) is 8.59. The quantitative estimate of drug-likeness (QED) is 0.662. The number of hydrogen-bond acceptors (Lipinski definition) is 1. The van der Waals surface area contributed by atoms with Crippen molar-refractivity contribution in [1.82, 2.24) is 9.97 Å². The van der Waals surface area contributed by atoms with Crippen molar-refractivity contribution in [2.75, 3.05) is 0 Å². The molecule has 0 radical (unpaired) electrons. The molecule has 1 aromatic heterocycles. The number of rotatable bonds is 6. The number of hydrogen-bond donors (Lipinski definition) is 1. The van der Waals surface area contributed by atoms with Gasteiger partial charge in [-0.3, -0.25) is 0 Å². The van der Waals surface area contributed by atoms with Gasteiger partial charge in [0.25, 0.3) is 0 Å². The molecule has 0 saturated carbocycles. The van der Waals surface area contributed by atoms with Gasteiger partial charge in [-0.2, -0.15) is 0 Å². The first-order valence-corrected chi connectivity index (χ1v) is 9.24. The largest absolute Gasteiger partial charge is 0.354 e. The van der Waals surface area contributed by atoms with Crippen LogP contribution in [0.1, 0.15) is 67.9 Å². The summed E-state index contributed by atoms with van der Waals surface area (Å²) in [6.07, 6.45) is 0. The zero-order valence-electron chi connectivity index (χ0n) is 15.7.